The van der Waals surface area contributed by atoms with Gasteiger partial charge in [0.25, 0.3) is 5.91 Å². The number of nitrogens with zero attached hydrogens (tertiary/aromatic N) is 2. The first kappa shape index (κ1) is 22.1. The minimum Gasteiger partial charge on any atom is -0.452 e. The Morgan fingerprint density at radius 3 is 2.36 bits per heavy atom. The molecular weight excluding hydrogens is 356 g/mol. The number of rotatable bonds is 8. The summed E-state index contributed by atoms with van der Waals surface area (Å²) in [6, 6.07) is 7.37. The molecule has 0 radical (unpaired) electrons. The normalized spacial score (nSPS) is 19.9. The molecule has 1 aromatic carbocycles. The van der Waals surface area contributed by atoms with E-state index in [4.69, 9.17) is 9.47 Å². The van der Waals surface area contributed by atoms with Gasteiger partial charge in [-0.25, -0.2) is 4.79 Å². The Kier molecular flexibility index (Phi) is 8.20. The van der Waals surface area contributed by atoms with Crippen LogP contribution in [0.15, 0.2) is 36.4 Å². The van der Waals surface area contributed by atoms with Crippen LogP contribution >= 0.6 is 0 Å². The Morgan fingerprint density at radius 2 is 1.82 bits per heavy atom. The van der Waals surface area contributed by atoms with E-state index in [2.05, 4.69) is 25.3 Å². The van der Waals surface area contributed by atoms with Gasteiger partial charge in [0.15, 0.2) is 6.61 Å². The van der Waals surface area contributed by atoms with E-state index in [1.54, 1.807) is 17.0 Å². The summed E-state index contributed by atoms with van der Waals surface area (Å²) in [5.74, 6) is -0.703. The summed E-state index contributed by atoms with van der Waals surface area (Å²) in [5.41, 5.74) is 2.47. The summed E-state index contributed by atoms with van der Waals surface area (Å²) >= 11 is 0. The minimum absolute atomic E-state index is 0.217. The van der Waals surface area contributed by atoms with Gasteiger partial charge in [-0.05, 0) is 45.4 Å². The first-order valence-corrected chi connectivity index (χ1v) is 9.84. The summed E-state index contributed by atoms with van der Waals surface area (Å²) < 4.78 is 10.9. The van der Waals surface area contributed by atoms with E-state index in [1.165, 1.54) is 0 Å². The molecule has 1 aliphatic heterocycles. The van der Waals surface area contributed by atoms with Gasteiger partial charge in [0.1, 0.15) is 0 Å². The lowest BCUT2D eigenvalue weighted by molar-refractivity contribution is -0.133. The molecule has 1 aliphatic rings. The van der Waals surface area contributed by atoms with Gasteiger partial charge in [-0.3, -0.25) is 9.69 Å². The molecule has 0 aromatic heterocycles. The molecule has 1 heterocycles. The molecule has 1 amide bonds. The largest absolute Gasteiger partial charge is 0.452 e. The van der Waals surface area contributed by atoms with Crippen LogP contribution in [0.25, 0.3) is 0 Å². The molecule has 1 saturated heterocycles. The summed E-state index contributed by atoms with van der Waals surface area (Å²) in [7, 11) is 0. The Morgan fingerprint density at radius 1 is 1.21 bits per heavy atom. The van der Waals surface area contributed by atoms with Crippen LogP contribution in [0.4, 0.5) is 0 Å². The van der Waals surface area contributed by atoms with E-state index in [9.17, 15) is 9.59 Å². The molecular formula is C22H32N2O4. The fraction of sp³-hybridized carbons (Fsp3) is 0.545. The molecule has 6 heteroatoms. The number of carbonyl (C=O) groups is 2. The van der Waals surface area contributed by atoms with E-state index in [-0.39, 0.29) is 24.7 Å². The third-order valence-corrected chi connectivity index (χ3v) is 4.61. The zero-order valence-corrected chi connectivity index (χ0v) is 17.4. The molecule has 2 unspecified atom stereocenters. The standard InChI is InChI=1S/C22H32N2O4/c1-6-24(11-16(2)3)21(25)15-27-22(26)20-9-7-19(8-10-20)14-23-12-17(4)28-18(5)13-23/h7-10,17-18H,2,6,11-15H2,1,3-5H3. The second-order valence-corrected chi connectivity index (χ2v) is 7.59. The SMILES string of the molecule is C=C(C)CN(CC)C(=O)COC(=O)c1ccc(CN2CC(C)OC(C)C2)cc1. The predicted molar refractivity (Wildman–Crippen MR) is 109 cm³/mol. The highest BCUT2D eigenvalue weighted by atomic mass is 16.5. The smallest absolute Gasteiger partial charge is 0.338 e. The van der Waals surface area contributed by atoms with Crippen LogP contribution < -0.4 is 0 Å². The van der Waals surface area contributed by atoms with Gasteiger partial charge in [0.2, 0.25) is 0 Å². The molecule has 0 N–H and O–H groups in total. The highest BCUT2D eigenvalue weighted by Crippen LogP contribution is 2.15. The lowest BCUT2D eigenvalue weighted by Gasteiger charge is -2.35. The van der Waals surface area contributed by atoms with Crippen LogP contribution in [0.2, 0.25) is 0 Å². The lowest BCUT2D eigenvalue weighted by Crippen LogP contribution is -2.44. The van der Waals surface area contributed by atoms with Crippen LogP contribution in [0, 0.1) is 0 Å². The van der Waals surface area contributed by atoms with E-state index in [0.29, 0.717) is 18.7 Å². The lowest BCUT2D eigenvalue weighted by atomic mass is 10.1. The van der Waals surface area contributed by atoms with Crippen LogP contribution in [0.1, 0.15) is 43.6 Å². The number of hydrogen-bond donors (Lipinski definition) is 0. The monoisotopic (exact) mass is 388 g/mol. The molecule has 28 heavy (non-hydrogen) atoms. The van der Waals surface area contributed by atoms with E-state index in [1.807, 2.05) is 26.0 Å². The molecule has 0 aliphatic carbocycles. The second kappa shape index (κ2) is 10.4. The maximum Gasteiger partial charge on any atom is 0.338 e. The Balaban J connectivity index is 1.86. The average Bonchev–Trinajstić information content (AvgIpc) is 2.63. The van der Waals surface area contributed by atoms with Crippen molar-refractivity contribution in [2.45, 2.75) is 46.4 Å². The fourth-order valence-electron chi connectivity index (χ4n) is 3.42. The number of benzene rings is 1. The van der Waals surface area contributed by atoms with Crippen molar-refractivity contribution in [3.05, 3.63) is 47.5 Å². The number of carbonyl (C=O) groups excluding carboxylic acids is 2. The Labute approximate surface area is 168 Å². The first-order chi connectivity index (χ1) is 13.3. The first-order valence-electron chi connectivity index (χ1n) is 9.84. The van der Waals surface area contributed by atoms with Crippen LogP contribution in [0.3, 0.4) is 0 Å². The van der Waals surface area contributed by atoms with Crippen molar-refractivity contribution < 1.29 is 19.1 Å². The molecule has 0 spiro atoms. The summed E-state index contributed by atoms with van der Waals surface area (Å²) in [6.07, 6.45) is 0.450. The van der Waals surface area contributed by atoms with Crippen molar-refractivity contribution >= 4 is 11.9 Å². The van der Waals surface area contributed by atoms with Gasteiger partial charge >= 0.3 is 5.97 Å². The molecule has 1 aromatic rings. The molecule has 0 bridgehead atoms. The maximum atomic E-state index is 12.2. The van der Waals surface area contributed by atoms with Crippen molar-refractivity contribution in [3.8, 4) is 0 Å². The van der Waals surface area contributed by atoms with Crippen LogP contribution in [-0.4, -0.2) is 66.7 Å². The highest BCUT2D eigenvalue weighted by Gasteiger charge is 2.22. The van der Waals surface area contributed by atoms with E-state index < -0.39 is 5.97 Å². The summed E-state index contributed by atoms with van der Waals surface area (Å²) in [4.78, 5) is 28.4. The molecule has 2 atom stereocenters. The van der Waals surface area contributed by atoms with Gasteiger partial charge in [0.05, 0.1) is 17.8 Å². The Hall–Kier alpha value is -2.18. The maximum absolute atomic E-state index is 12.2. The van der Waals surface area contributed by atoms with Gasteiger partial charge in [0, 0.05) is 32.7 Å². The van der Waals surface area contributed by atoms with Crippen molar-refractivity contribution in [1.29, 1.82) is 0 Å². The number of likely N-dealkylation sites (N-methyl/N-ethyl adjacent to an activating group) is 1. The number of esters is 1. The van der Waals surface area contributed by atoms with E-state index in [0.717, 1.165) is 30.8 Å². The number of ether oxygens (including phenoxy) is 2. The zero-order chi connectivity index (χ0) is 20.7. The zero-order valence-electron chi connectivity index (χ0n) is 17.4. The van der Waals surface area contributed by atoms with Crippen LogP contribution in [0.5, 0.6) is 0 Å². The van der Waals surface area contributed by atoms with Gasteiger partial charge < -0.3 is 14.4 Å². The van der Waals surface area contributed by atoms with Crippen molar-refractivity contribution in [2.24, 2.45) is 0 Å². The van der Waals surface area contributed by atoms with Crippen molar-refractivity contribution in [1.82, 2.24) is 9.80 Å². The Bertz CT molecular complexity index is 676. The third-order valence-electron chi connectivity index (χ3n) is 4.61. The highest BCUT2D eigenvalue weighted by molar-refractivity contribution is 5.91. The fourth-order valence-corrected chi connectivity index (χ4v) is 3.42. The number of morpholine rings is 1. The van der Waals surface area contributed by atoms with E-state index >= 15 is 0 Å². The number of hydrogen-bond acceptors (Lipinski definition) is 5. The molecule has 0 saturated carbocycles. The quantitative estimate of drug-likeness (QED) is 0.506. The molecule has 154 valence electrons. The van der Waals surface area contributed by atoms with Gasteiger partial charge in [-0.1, -0.05) is 24.3 Å². The summed E-state index contributed by atoms with van der Waals surface area (Å²) in [6.45, 7) is 15.1. The summed E-state index contributed by atoms with van der Waals surface area (Å²) in [5, 5.41) is 0. The van der Waals surface area contributed by atoms with Gasteiger partial charge in [-0.2, -0.15) is 0 Å². The third kappa shape index (κ3) is 6.77. The minimum atomic E-state index is -0.486. The predicted octanol–water partition coefficient (Wildman–Crippen LogP) is 2.88. The average molecular weight is 389 g/mol. The molecule has 2 rings (SSSR count). The van der Waals surface area contributed by atoms with Crippen LogP contribution in [-0.2, 0) is 20.8 Å². The van der Waals surface area contributed by atoms with Crippen molar-refractivity contribution in [2.75, 3.05) is 32.8 Å². The second-order valence-electron chi connectivity index (χ2n) is 7.59. The molecule has 6 nitrogen and oxygen atoms in total. The topological polar surface area (TPSA) is 59.1 Å². The number of amides is 1. The molecule has 1 fully saturated rings. The van der Waals surface area contributed by atoms with Crippen molar-refractivity contribution in [3.63, 3.8) is 0 Å². The van der Waals surface area contributed by atoms with Gasteiger partial charge in [-0.15, -0.1) is 0 Å².